The Hall–Kier alpha value is -5.62. The quantitative estimate of drug-likeness (QED) is 0.109. The molecule has 9 rings (SSSR count). The number of aryl methyl sites for hydroxylation is 1. The minimum atomic E-state index is -0.118. The van der Waals surface area contributed by atoms with E-state index < -0.39 is 0 Å². The maximum atomic E-state index is 14.8. The highest BCUT2D eigenvalue weighted by Crippen LogP contribution is 2.34. The van der Waals surface area contributed by atoms with E-state index in [9.17, 15) is 14.0 Å². The van der Waals surface area contributed by atoms with Gasteiger partial charge in [-0.15, -0.1) is 0 Å². The average molecular weight is 987 g/mol. The lowest BCUT2D eigenvalue weighted by molar-refractivity contribution is -0.119. The van der Waals surface area contributed by atoms with Crippen LogP contribution in [0.3, 0.4) is 0 Å². The number of carbonyl (C=O) groups is 2. The Bertz CT molecular complexity index is 2500. The number of carbonyl (C=O) groups excluding carboxylic acids is 2. The molecule has 71 heavy (non-hydrogen) atoms. The number of hydrogen-bond donors (Lipinski definition) is 4. The van der Waals surface area contributed by atoms with Crippen LogP contribution in [-0.2, 0) is 24.4 Å². The van der Waals surface area contributed by atoms with Crippen molar-refractivity contribution in [3.8, 4) is 0 Å². The van der Waals surface area contributed by atoms with Crippen molar-refractivity contribution in [1.29, 1.82) is 0 Å². The Morgan fingerprint density at radius 1 is 0.915 bits per heavy atom. The van der Waals surface area contributed by atoms with E-state index in [4.69, 9.17) is 5.10 Å². The van der Waals surface area contributed by atoms with Crippen molar-refractivity contribution in [3.63, 3.8) is 0 Å². The van der Waals surface area contributed by atoms with Gasteiger partial charge < -0.3 is 25.9 Å². The van der Waals surface area contributed by atoms with E-state index in [0.717, 1.165) is 126 Å². The summed E-state index contributed by atoms with van der Waals surface area (Å²) in [6.07, 6.45) is 15.4. The number of nitrogens with zero attached hydrogens (tertiary/aromatic N) is 6. The van der Waals surface area contributed by atoms with Gasteiger partial charge in [0.05, 0.1) is 30.3 Å². The molecule has 12 nitrogen and oxygen atoms in total. The van der Waals surface area contributed by atoms with Crippen LogP contribution in [-0.4, -0.2) is 106 Å². The third-order valence-electron chi connectivity index (χ3n) is 14.3. The summed E-state index contributed by atoms with van der Waals surface area (Å²) in [5.74, 6) is 3.98. The number of rotatable bonds is 11. The standard InChI is InChI=1S/C48H60FN9O.C5H8NOP.2C2H6/c1-32(26-45-33(2)52-19-14-43(45)39-10-13-47(51-5)53-29-39)34(3)56-22-17-36(18-23-56)35-6-8-38(9-7-35)48(59)57-24-25-58-42(31-57)27-41(54-58)30-55-20-15-37(16-21-55)44-12-11-40(50-4)28-46(44)49;7-5-3-1-2-4-8-6-5;2*1-2/h6-14,19,26-28,34,36-37,50-51,53H,15-18,20-25,29-31H2,1-5H3;4H,1-3H2,(H,6,7);2*1-2H3/b32-26+;;;. The Labute approximate surface area is 425 Å². The first-order valence-electron chi connectivity index (χ1n) is 26.2. The van der Waals surface area contributed by atoms with Crippen LogP contribution in [0.15, 0.2) is 84.3 Å². The highest BCUT2D eigenvalue weighted by Gasteiger charge is 2.28. The molecule has 2 amide bonds. The van der Waals surface area contributed by atoms with Crippen molar-refractivity contribution in [2.45, 2.75) is 131 Å². The zero-order valence-corrected chi connectivity index (χ0v) is 44.8. The van der Waals surface area contributed by atoms with Crippen LogP contribution in [0.4, 0.5) is 10.1 Å². The van der Waals surface area contributed by atoms with E-state index in [0.29, 0.717) is 38.0 Å². The SMILES string of the molecule is CC.CC.CNC1=CC=C(c2ccnc(C)c2/C=C(\C)C(C)N2CCC(c3ccc(C(=O)N4CCn5nc(CN6CCC(c7ccc(NC)cc7F)CC6)cc5C4)cc3)CC2)CN1.O=C1CCCC=PN1. The number of piperidine rings is 2. The second-order valence-electron chi connectivity index (χ2n) is 18.6. The lowest BCUT2D eigenvalue weighted by Gasteiger charge is -2.37. The van der Waals surface area contributed by atoms with E-state index in [1.165, 1.54) is 27.8 Å². The molecule has 1 atom stereocenters. The van der Waals surface area contributed by atoms with Gasteiger partial charge in [0, 0.05) is 83.3 Å². The molecule has 0 radical (unpaired) electrons. The summed E-state index contributed by atoms with van der Waals surface area (Å²) in [4.78, 5) is 35.9. The first kappa shape index (κ1) is 54.7. The number of amides is 2. The van der Waals surface area contributed by atoms with Gasteiger partial charge in [-0.25, -0.2) is 4.39 Å². The number of dihydropyridines is 1. The molecule has 0 aliphatic carbocycles. The van der Waals surface area contributed by atoms with Crippen LogP contribution >= 0.6 is 8.35 Å². The molecule has 5 aliphatic rings. The van der Waals surface area contributed by atoms with Gasteiger partial charge in [0.15, 0.2) is 0 Å². The zero-order valence-electron chi connectivity index (χ0n) is 44.0. The lowest BCUT2D eigenvalue weighted by atomic mass is 9.87. The Morgan fingerprint density at radius 3 is 2.32 bits per heavy atom. The van der Waals surface area contributed by atoms with E-state index >= 15 is 0 Å². The fraction of sp³-hybridized carbons (Fsp3) is 0.491. The monoisotopic (exact) mass is 987 g/mol. The predicted octanol–water partition coefficient (Wildman–Crippen LogP) is 10.5. The van der Waals surface area contributed by atoms with Crippen molar-refractivity contribution >= 4 is 43.3 Å². The topological polar surface area (TPSA) is 123 Å². The summed E-state index contributed by atoms with van der Waals surface area (Å²) >= 11 is 0. The van der Waals surface area contributed by atoms with Crippen molar-refractivity contribution in [3.05, 3.63) is 135 Å². The van der Waals surface area contributed by atoms with Crippen LogP contribution in [0.1, 0.15) is 148 Å². The molecule has 2 aromatic carbocycles. The number of fused-ring (bicyclic) bond motifs is 1. The molecule has 1 unspecified atom stereocenters. The number of pyridine rings is 1. The van der Waals surface area contributed by atoms with E-state index in [1.54, 1.807) is 6.07 Å². The van der Waals surface area contributed by atoms with Crippen molar-refractivity contribution in [2.24, 2.45) is 0 Å². The van der Waals surface area contributed by atoms with Gasteiger partial charge in [-0.1, -0.05) is 63.6 Å². The van der Waals surface area contributed by atoms with Crippen molar-refractivity contribution < 1.29 is 14.0 Å². The number of benzene rings is 2. The molecule has 4 aromatic rings. The van der Waals surface area contributed by atoms with Crippen LogP contribution in [0.25, 0.3) is 11.6 Å². The molecular formula is C57H80FN10O2P. The van der Waals surface area contributed by atoms with Crippen LogP contribution < -0.4 is 21.0 Å². The highest BCUT2D eigenvalue weighted by atomic mass is 31.1. The molecule has 2 saturated heterocycles. The largest absolute Gasteiger partial charge is 0.388 e. The van der Waals surface area contributed by atoms with Gasteiger partial charge in [0.1, 0.15) is 5.82 Å². The molecule has 0 bridgehead atoms. The second kappa shape index (κ2) is 27.3. The normalized spacial score (nSPS) is 18.5. The smallest absolute Gasteiger partial charge is 0.254 e. The molecule has 2 fully saturated rings. The first-order valence-corrected chi connectivity index (χ1v) is 27.2. The molecule has 0 saturated carbocycles. The van der Waals surface area contributed by atoms with E-state index in [-0.39, 0.29) is 23.5 Å². The maximum absolute atomic E-state index is 14.8. The fourth-order valence-corrected chi connectivity index (χ4v) is 10.7. The molecule has 4 N–H and O–H groups in total. The van der Waals surface area contributed by atoms with Crippen molar-refractivity contribution in [2.75, 3.05) is 58.7 Å². The number of aromatic nitrogens is 3. The Kier molecular flexibility index (Phi) is 21.0. The van der Waals surface area contributed by atoms with E-state index in [1.807, 2.05) is 77.2 Å². The van der Waals surface area contributed by atoms with Crippen LogP contribution in [0, 0.1) is 12.7 Å². The third-order valence-corrected chi connectivity index (χ3v) is 15.1. The number of hydrogen-bond acceptors (Lipinski definition) is 9. The number of nitrogens with one attached hydrogen (secondary N) is 4. The van der Waals surface area contributed by atoms with Gasteiger partial charge in [-0.2, -0.15) is 5.10 Å². The lowest BCUT2D eigenvalue weighted by Crippen LogP contribution is -2.40. The molecule has 382 valence electrons. The number of likely N-dealkylation sites (tertiary alicyclic amines) is 2. The van der Waals surface area contributed by atoms with Gasteiger partial charge >= 0.3 is 0 Å². The molecule has 14 heteroatoms. The minimum Gasteiger partial charge on any atom is -0.388 e. The van der Waals surface area contributed by atoms with Crippen LogP contribution in [0.5, 0.6) is 0 Å². The van der Waals surface area contributed by atoms with Gasteiger partial charge in [0.2, 0.25) is 5.91 Å². The summed E-state index contributed by atoms with van der Waals surface area (Å²) in [7, 11) is 4.72. The van der Waals surface area contributed by atoms with Gasteiger partial charge in [-0.05, 0) is 168 Å². The summed E-state index contributed by atoms with van der Waals surface area (Å²) in [5, 5.41) is 17.3. The van der Waals surface area contributed by atoms with E-state index in [2.05, 4.69) is 110 Å². The van der Waals surface area contributed by atoms with Gasteiger partial charge in [-0.3, -0.25) is 29.1 Å². The summed E-state index contributed by atoms with van der Waals surface area (Å²) in [6.45, 7) is 22.1. The molecule has 0 spiro atoms. The summed E-state index contributed by atoms with van der Waals surface area (Å²) in [5.41, 5.74) is 11.9. The Balaban J connectivity index is 0.000000614. The zero-order chi connectivity index (χ0) is 50.9. The van der Waals surface area contributed by atoms with Gasteiger partial charge in [0.25, 0.3) is 5.91 Å². The Morgan fingerprint density at radius 2 is 1.65 bits per heavy atom. The number of anilines is 1. The second-order valence-corrected chi connectivity index (χ2v) is 19.4. The third kappa shape index (κ3) is 14.5. The highest BCUT2D eigenvalue weighted by molar-refractivity contribution is 7.37. The molecule has 2 aromatic heterocycles. The van der Waals surface area contributed by atoms with Crippen molar-refractivity contribution in [1.82, 2.24) is 45.2 Å². The maximum Gasteiger partial charge on any atom is 0.254 e. The number of halogens is 1. The summed E-state index contributed by atoms with van der Waals surface area (Å²) in [6, 6.07) is 18.5. The number of allylic oxidation sites excluding steroid dienone is 2. The molecule has 5 aliphatic heterocycles. The predicted molar refractivity (Wildman–Crippen MR) is 293 cm³/mol. The molecule has 7 heterocycles. The fourth-order valence-electron chi connectivity index (χ4n) is 10.0. The first-order chi connectivity index (χ1) is 34.6. The molecular weight excluding hydrogens is 907 g/mol. The minimum absolute atomic E-state index is 0.0794. The average Bonchev–Trinajstić information content (AvgIpc) is 3.67. The van der Waals surface area contributed by atoms with Crippen LogP contribution in [0.2, 0.25) is 0 Å². The summed E-state index contributed by atoms with van der Waals surface area (Å²) < 4.78 is 16.8.